The number of thioether (sulfide) groups is 1. The number of rotatable bonds is 7. The van der Waals surface area contributed by atoms with Crippen LogP contribution in [0.25, 0.3) is 6.08 Å². The second kappa shape index (κ2) is 11.3. The average Bonchev–Trinajstić information content (AvgIpc) is 3.08. The molecule has 178 valence electrons. The largest absolute Gasteiger partial charge is 0.483 e. The molecule has 1 saturated heterocycles. The van der Waals surface area contributed by atoms with Gasteiger partial charge in [-0.2, -0.15) is 0 Å². The van der Waals surface area contributed by atoms with Gasteiger partial charge in [-0.25, -0.2) is 0 Å². The maximum absolute atomic E-state index is 12.9. The van der Waals surface area contributed by atoms with Crippen LogP contribution in [0.4, 0.5) is 10.5 Å². The molecule has 0 bridgehead atoms. The van der Waals surface area contributed by atoms with Crippen LogP contribution in [0.2, 0.25) is 10.0 Å². The first-order valence-electron chi connectivity index (χ1n) is 10.3. The van der Waals surface area contributed by atoms with Crippen molar-refractivity contribution in [3.05, 3.63) is 97.3 Å². The van der Waals surface area contributed by atoms with Gasteiger partial charge >= 0.3 is 0 Å². The highest BCUT2D eigenvalue weighted by Crippen LogP contribution is 2.36. The minimum atomic E-state index is -0.426. The number of carbonyl (C=O) groups excluding carboxylic acids is 3. The molecule has 3 aromatic carbocycles. The molecule has 6 nitrogen and oxygen atoms in total. The second-order valence-electron chi connectivity index (χ2n) is 7.36. The number of carbonyl (C=O) groups is 3. The normalized spacial score (nSPS) is 14.5. The molecule has 1 fully saturated rings. The highest BCUT2D eigenvalue weighted by Gasteiger charge is 2.35. The zero-order valence-corrected chi connectivity index (χ0v) is 21.9. The van der Waals surface area contributed by atoms with E-state index in [-0.39, 0.29) is 24.0 Å². The molecule has 10 heteroatoms. The Morgan fingerprint density at radius 1 is 1.03 bits per heavy atom. The van der Waals surface area contributed by atoms with E-state index in [9.17, 15) is 14.4 Å². The highest BCUT2D eigenvalue weighted by molar-refractivity contribution is 9.10. The summed E-state index contributed by atoms with van der Waals surface area (Å²) in [5.74, 6) is -0.253. The zero-order chi connectivity index (χ0) is 24.9. The van der Waals surface area contributed by atoms with Gasteiger partial charge < -0.3 is 10.1 Å². The molecule has 0 saturated carbocycles. The summed E-state index contributed by atoms with van der Waals surface area (Å²) in [5.41, 5.74) is 1.88. The van der Waals surface area contributed by atoms with Gasteiger partial charge in [0.15, 0.2) is 6.61 Å². The van der Waals surface area contributed by atoms with Crippen molar-refractivity contribution in [2.24, 2.45) is 0 Å². The number of amides is 3. The summed E-state index contributed by atoms with van der Waals surface area (Å²) in [6.45, 7) is -0.182. The number of benzene rings is 3. The van der Waals surface area contributed by atoms with E-state index < -0.39 is 11.1 Å². The van der Waals surface area contributed by atoms with Gasteiger partial charge in [0.05, 0.1) is 15.9 Å². The molecular weight excluding hydrogens is 575 g/mol. The topological polar surface area (TPSA) is 75.7 Å². The van der Waals surface area contributed by atoms with Crippen LogP contribution in [-0.4, -0.2) is 28.6 Å². The van der Waals surface area contributed by atoms with Crippen molar-refractivity contribution in [2.45, 2.75) is 6.54 Å². The number of imide groups is 1. The number of para-hydroxylation sites is 1. The van der Waals surface area contributed by atoms with E-state index in [0.29, 0.717) is 37.1 Å². The second-order valence-corrected chi connectivity index (χ2v) is 10.0. The number of nitrogens with zero attached hydrogens (tertiary/aromatic N) is 1. The molecule has 0 radical (unpaired) electrons. The number of nitrogens with one attached hydrogen (secondary N) is 1. The van der Waals surface area contributed by atoms with Crippen LogP contribution < -0.4 is 10.1 Å². The maximum atomic E-state index is 12.9. The van der Waals surface area contributed by atoms with Gasteiger partial charge in [-0.1, -0.05) is 53.5 Å². The molecule has 35 heavy (non-hydrogen) atoms. The lowest BCUT2D eigenvalue weighted by Gasteiger charge is -2.14. The number of halogens is 3. The van der Waals surface area contributed by atoms with Gasteiger partial charge in [0.1, 0.15) is 5.75 Å². The van der Waals surface area contributed by atoms with Gasteiger partial charge in [0.25, 0.3) is 17.1 Å². The summed E-state index contributed by atoms with van der Waals surface area (Å²) in [6.07, 6.45) is 1.62. The third-order valence-electron chi connectivity index (χ3n) is 4.92. The summed E-state index contributed by atoms with van der Waals surface area (Å²) in [4.78, 5) is 38.9. The molecule has 1 N–H and O–H groups in total. The smallest absolute Gasteiger partial charge is 0.293 e. The minimum Gasteiger partial charge on any atom is -0.483 e. The quantitative estimate of drug-likeness (QED) is 0.299. The summed E-state index contributed by atoms with van der Waals surface area (Å²) < 4.78 is 6.20. The number of anilines is 1. The van der Waals surface area contributed by atoms with Crippen LogP contribution in [0.15, 0.2) is 76.1 Å². The Labute approximate surface area is 224 Å². The Morgan fingerprint density at radius 2 is 1.74 bits per heavy atom. The van der Waals surface area contributed by atoms with E-state index in [4.69, 9.17) is 27.9 Å². The standard InChI is InChI=1S/C25H17BrCl2N2O4S/c26-18-11-15(9-10-21(18)34-14-23(31)29-16-5-2-1-3-6-16)12-22-24(32)30(25(33)35-22)13-17-19(27)7-4-8-20(17)28/h1-12H,13-14H2,(H,29,31)/b22-12-. The van der Waals surface area contributed by atoms with E-state index in [2.05, 4.69) is 21.2 Å². The van der Waals surface area contributed by atoms with E-state index in [1.165, 1.54) is 0 Å². The first-order valence-corrected chi connectivity index (χ1v) is 12.6. The lowest BCUT2D eigenvalue weighted by atomic mass is 10.2. The van der Waals surface area contributed by atoms with Crippen molar-refractivity contribution >= 4 is 79.7 Å². The van der Waals surface area contributed by atoms with Crippen LogP contribution in [-0.2, 0) is 16.1 Å². The lowest BCUT2D eigenvalue weighted by Crippen LogP contribution is -2.27. The minimum absolute atomic E-state index is 0.0119. The van der Waals surface area contributed by atoms with Crippen LogP contribution in [0.3, 0.4) is 0 Å². The molecule has 0 spiro atoms. The molecular formula is C25H17BrCl2N2O4S. The van der Waals surface area contributed by atoms with Gasteiger partial charge in [0.2, 0.25) is 0 Å². The van der Waals surface area contributed by atoms with Crippen molar-refractivity contribution in [2.75, 3.05) is 11.9 Å². The number of ether oxygens (including phenoxy) is 1. The number of hydrogen-bond donors (Lipinski definition) is 1. The van der Waals surface area contributed by atoms with Crippen LogP contribution in [0.5, 0.6) is 5.75 Å². The van der Waals surface area contributed by atoms with Gasteiger partial charge in [-0.3, -0.25) is 19.3 Å². The van der Waals surface area contributed by atoms with Crippen molar-refractivity contribution in [1.82, 2.24) is 4.90 Å². The maximum Gasteiger partial charge on any atom is 0.293 e. The summed E-state index contributed by atoms with van der Waals surface area (Å²) in [7, 11) is 0. The fraction of sp³-hybridized carbons (Fsp3) is 0.0800. The third kappa shape index (κ3) is 6.27. The first kappa shape index (κ1) is 25.3. The Bertz CT molecular complexity index is 1310. The number of hydrogen-bond acceptors (Lipinski definition) is 5. The summed E-state index contributed by atoms with van der Waals surface area (Å²) in [6, 6.07) is 19.2. The van der Waals surface area contributed by atoms with Gasteiger partial charge in [-0.15, -0.1) is 0 Å². The van der Waals surface area contributed by atoms with Crippen molar-refractivity contribution in [3.8, 4) is 5.75 Å². The molecule has 0 atom stereocenters. The fourth-order valence-electron chi connectivity index (χ4n) is 3.21. The Balaban J connectivity index is 1.41. The van der Waals surface area contributed by atoms with E-state index >= 15 is 0 Å². The van der Waals surface area contributed by atoms with E-state index in [0.717, 1.165) is 16.7 Å². The Morgan fingerprint density at radius 3 is 2.43 bits per heavy atom. The predicted octanol–water partition coefficient (Wildman–Crippen LogP) is 7.01. The SMILES string of the molecule is O=C(COc1ccc(/C=C2\SC(=O)N(Cc3c(Cl)cccc3Cl)C2=O)cc1Br)Nc1ccccc1. The molecule has 3 amide bonds. The molecule has 1 aliphatic heterocycles. The fourth-order valence-corrected chi connectivity index (χ4v) is 5.08. The summed E-state index contributed by atoms with van der Waals surface area (Å²) in [5, 5.41) is 3.12. The van der Waals surface area contributed by atoms with Crippen LogP contribution in [0, 0.1) is 0 Å². The lowest BCUT2D eigenvalue weighted by molar-refractivity contribution is -0.123. The molecule has 0 unspecified atom stereocenters. The molecule has 0 aromatic heterocycles. The van der Waals surface area contributed by atoms with Crippen molar-refractivity contribution < 1.29 is 19.1 Å². The predicted molar refractivity (Wildman–Crippen MR) is 143 cm³/mol. The Hall–Kier alpha value is -2.78. The zero-order valence-electron chi connectivity index (χ0n) is 18.0. The van der Waals surface area contributed by atoms with E-state index in [1.54, 1.807) is 54.6 Å². The Kier molecular flexibility index (Phi) is 8.18. The van der Waals surface area contributed by atoms with Gasteiger partial charge in [-0.05, 0) is 75.7 Å². The summed E-state index contributed by atoms with van der Waals surface area (Å²) >= 11 is 16.7. The van der Waals surface area contributed by atoms with E-state index in [1.807, 2.05) is 18.2 Å². The molecule has 1 heterocycles. The molecule has 1 aliphatic rings. The van der Waals surface area contributed by atoms with Gasteiger partial charge in [0, 0.05) is 21.3 Å². The average molecular weight is 592 g/mol. The van der Waals surface area contributed by atoms with Crippen LogP contribution in [0.1, 0.15) is 11.1 Å². The third-order valence-corrected chi connectivity index (χ3v) is 7.16. The first-order chi connectivity index (χ1) is 16.8. The van der Waals surface area contributed by atoms with Crippen molar-refractivity contribution in [3.63, 3.8) is 0 Å². The molecule has 0 aliphatic carbocycles. The highest BCUT2D eigenvalue weighted by atomic mass is 79.9. The monoisotopic (exact) mass is 590 g/mol. The molecule has 3 aromatic rings. The van der Waals surface area contributed by atoms with Crippen LogP contribution >= 0.6 is 50.9 Å². The van der Waals surface area contributed by atoms with Crippen molar-refractivity contribution in [1.29, 1.82) is 0 Å². The molecule has 4 rings (SSSR count).